The van der Waals surface area contributed by atoms with Gasteiger partial charge in [0.2, 0.25) is 0 Å². The molecule has 1 aromatic carbocycles. The number of halogens is 3. The maximum atomic E-state index is 10.7. The second-order valence-corrected chi connectivity index (χ2v) is 7.14. The van der Waals surface area contributed by atoms with E-state index in [9.17, 15) is 5.11 Å². The predicted octanol–water partition coefficient (Wildman–Crippen LogP) is 3.38. The highest BCUT2D eigenvalue weighted by molar-refractivity contribution is 9.10. The van der Waals surface area contributed by atoms with Crippen LogP contribution in [0.15, 0.2) is 16.6 Å². The summed E-state index contributed by atoms with van der Waals surface area (Å²) in [6.07, 6.45) is 2.06. The van der Waals surface area contributed by atoms with Crippen LogP contribution in [0.4, 0.5) is 0 Å². The standard InChI is InChI=1S/C17H25BrN2O3.2ClH/c1-22-15-11-13(18)10-14(17(15)21)16(12-2-8-23-9-3-12)20-6-4-19-5-7-20;;/h10-12,16,19,21H,2-9H2,1H3;2*1H/t16-;;/m0../s1. The van der Waals surface area contributed by atoms with Crippen LogP contribution in [0.3, 0.4) is 0 Å². The molecule has 2 fully saturated rings. The van der Waals surface area contributed by atoms with Crippen molar-refractivity contribution in [3.8, 4) is 11.5 Å². The first-order chi connectivity index (χ1) is 11.2. The Bertz CT molecular complexity index is 521. The number of nitrogens with zero attached hydrogens (tertiary/aromatic N) is 1. The van der Waals surface area contributed by atoms with E-state index in [-0.39, 0.29) is 36.6 Å². The molecule has 0 bridgehead atoms. The molecule has 2 aliphatic heterocycles. The third-order valence-electron chi connectivity index (χ3n) is 4.87. The fourth-order valence-electron chi connectivity index (χ4n) is 3.72. The van der Waals surface area contributed by atoms with Crippen molar-refractivity contribution in [2.24, 2.45) is 5.92 Å². The minimum Gasteiger partial charge on any atom is -0.504 e. The van der Waals surface area contributed by atoms with Crippen LogP contribution in [0, 0.1) is 5.92 Å². The van der Waals surface area contributed by atoms with E-state index in [1.165, 1.54) is 0 Å². The van der Waals surface area contributed by atoms with Gasteiger partial charge in [-0.15, -0.1) is 24.8 Å². The molecule has 1 aromatic rings. The summed E-state index contributed by atoms with van der Waals surface area (Å²) in [7, 11) is 1.60. The van der Waals surface area contributed by atoms with Crippen molar-refractivity contribution in [3.63, 3.8) is 0 Å². The van der Waals surface area contributed by atoms with Crippen LogP contribution < -0.4 is 10.1 Å². The van der Waals surface area contributed by atoms with Gasteiger partial charge in [0.1, 0.15) is 0 Å². The summed E-state index contributed by atoms with van der Waals surface area (Å²) >= 11 is 3.56. The number of rotatable bonds is 4. The van der Waals surface area contributed by atoms with Crippen molar-refractivity contribution in [1.29, 1.82) is 0 Å². The van der Waals surface area contributed by atoms with Gasteiger partial charge >= 0.3 is 0 Å². The van der Waals surface area contributed by atoms with Crippen molar-refractivity contribution >= 4 is 40.7 Å². The first-order valence-electron chi connectivity index (χ1n) is 8.29. The Morgan fingerprint density at radius 3 is 2.48 bits per heavy atom. The molecule has 0 aliphatic carbocycles. The molecular weight excluding hydrogens is 431 g/mol. The zero-order valence-corrected chi connectivity index (χ0v) is 17.6. The maximum Gasteiger partial charge on any atom is 0.162 e. The van der Waals surface area contributed by atoms with Crippen LogP contribution in [-0.4, -0.2) is 56.5 Å². The molecule has 2 saturated heterocycles. The van der Waals surface area contributed by atoms with Crippen molar-refractivity contribution in [2.75, 3.05) is 46.5 Å². The smallest absolute Gasteiger partial charge is 0.162 e. The van der Waals surface area contributed by atoms with Crippen LogP contribution >= 0.6 is 40.7 Å². The van der Waals surface area contributed by atoms with Gasteiger partial charge in [0.25, 0.3) is 0 Å². The number of methoxy groups -OCH3 is 1. The number of phenolic OH excluding ortho intramolecular Hbond substituents is 1. The van der Waals surface area contributed by atoms with E-state index in [0.29, 0.717) is 11.7 Å². The van der Waals surface area contributed by atoms with Crippen LogP contribution in [0.1, 0.15) is 24.4 Å². The summed E-state index contributed by atoms with van der Waals surface area (Å²) in [4.78, 5) is 2.49. The summed E-state index contributed by atoms with van der Waals surface area (Å²) in [5, 5.41) is 14.1. The average Bonchev–Trinajstić information content (AvgIpc) is 2.60. The molecule has 0 radical (unpaired) electrons. The highest BCUT2D eigenvalue weighted by atomic mass is 79.9. The largest absolute Gasteiger partial charge is 0.504 e. The number of hydrogen-bond acceptors (Lipinski definition) is 5. The Labute approximate surface area is 170 Å². The number of benzene rings is 1. The first kappa shape index (κ1) is 22.8. The summed E-state index contributed by atoms with van der Waals surface area (Å²) in [6.45, 7) is 5.59. The van der Waals surface area contributed by atoms with Crippen LogP contribution in [-0.2, 0) is 4.74 Å². The molecule has 144 valence electrons. The molecular formula is C17H27BrCl2N2O3. The molecule has 5 nitrogen and oxygen atoms in total. The SMILES string of the molecule is COc1cc(Br)cc([C@H](C2CCOCC2)N2CCNCC2)c1O.Cl.Cl. The van der Waals surface area contributed by atoms with E-state index in [4.69, 9.17) is 9.47 Å². The third-order valence-corrected chi connectivity index (χ3v) is 5.32. The number of aromatic hydroxyl groups is 1. The predicted molar refractivity (Wildman–Crippen MR) is 108 cm³/mol. The molecule has 25 heavy (non-hydrogen) atoms. The van der Waals surface area contributed by atoms with Gasteiger partial charge < -0.3 is 19.9 Å². The highest BCUT2D eigenvalue weighted by Crippen LogP contribution is 2.44. The number of phenols is 1. The van der Waals surface area contributed by atoms with Gasteiger partial charge in [-0.1, -0.05) is 15.9 Å². The molecule has 2 heterocycles. The first-order valence-corrected chi connectivity index (χ1v) is 9.09. The van der Waals surface area contributed by atoms with Crippen molar-refractivity contribution < 1.29 is 14.6 Å². The van der Waals surface area contributed by atoms with Crippen molar-refractivity contribution in [1.82, 2.24) is 10.2 Å². The van der Waals surface area contributed by atoms with Gasteiger partial charge in [0, 0.05) is 55.5 Å². The fourth-order valence-corrected chi connectivity index (χ4v) is 4.17. The van der Waals surface area contributed by atoms with Crippen LogP contribution in [0.25, 0.3) is 0 Å². The Hall–Kier alpha value is -0.240. The molecule has 0 unspecified atom stereocenters. The van der Waals surface area contributed by atoms with Crippen molar-refractivity contribution in [2.45, 2.75) is 18.9 Å². The molecule has 2 aliphatic rings. The number of piperazine rings is 1. The second-order valence-electron chi connectivity index (χ2n) is 6.23. The lowest BCUT2D eigenvalue weighted by molar-refractivity contribution is 0.0205. The van der Waals surface area contributed by atoms with E-state index in [0.717, 1.165) is 62.3 Å². The van der Waals surface area contributed by atoms with E-state index >= 15 is 0 Å². The summed E-state index contributed by atoms with van der Waals surface area (Å²) in [5.41, 5.74) is 0.963. The zero-order valence-electron chi connectivity index (χ0n) is 14.4. The van der Waals surface area contributed by atoms with E-state index in [2.05, 4.69) is 26.1 Å². The Kier molecular flexibility index (Phi) is 9.85. The molecule has 2 N–H and O–H groups in total. The van der Waals surface area contributed by atoms with Gasteiger partial charge in [0.05, 0.1) is 7.11 Å². The minimum absolute atomic E-state index is 0. The molecule has 1 atom stereocenters. The molecule has 0 spiro atoms. The Morgan fingerprint density at radius 1 is 1.24 bits per heavy atom. The summed E-state index contributed by atoms with van der Waals surface area (Å²) in [6, 6.07) is 4.06. The second kappa shape index (κ2) is 10.8. The molecule has 0 aromatic heterocycles. The van der Waals surface area contributed by atoms with Gasteiger partial charge in [0.15, 0.2) is 11.5 Å². The molecule has 3 rings (SSSR count). The lowest BCUT2D eigenvalue weighted by Crippen LogP contribution is -2.47. The van der Waals surface area contributed by atoms with Gasteiger partial charge in [-0.25, -0.2) is 0 Å². The fraction of sp³-hybridized carbons (Fsp3) is 0.647. The zero-order chi connectivity index (χ0) is 16.2. The highest BCUT2D eigenvalue weighted by Gasteiger charge is 2.33. The topological polar surface area (TPSA) is 54.0 Å². The summed E-state index contributed by atoms with van der Waals surface area (Å²) < 4.78 is 11.8. The minimum atomic E-state index is 0. The van der Waals surface area contributed by atoms with Crippen molar-refractivity contribution in [3.05, 3.63) is 22.2 Å². The van der Waals surface area contributed by atoms with Crippen LogP contribution in [0.2, 0.25) is 0 Å². The van der Waals surface area contributed by atoms with E-state index in [1.807, 2.05) is 12.1 Å². The van der Waals surface area contributed by atoms with Gasteiger partial charge in [-0.05, 0) is 30.9 Å². The van der Waals surface area contributed by atoms with Gasteiger partial charge in [-0.2, -0.15) is 0 Å². The van der Waals surface area contributed by atoms with Gasteiger partial charge in [-0.3, -0.25) is 4.90 Å². The van der Waals surface area contributed by atoms with E-state index < -0.39 is 0 Å². The Balaban J connectivity index is 0.00000156. The lowest BCUT2D eigenvalue weighted by Gasteiger charge is -2.41. The average molecular weight is 458 g/mol. The van der Waals surface area contributed by atoms with Crippen LogP contribution in [0.5, 0.6) is 11.5 Å². The molecule has 0 saturated carbocycles. The molecule has 0 amide bonds. The lowest BCUT2D eigenvalue weighted by atomic mass is 9.85. The van der Waals surface area contributed by atoms with E-state index in [1.54, 1.807) is 7.11 Å². The quantitative estimate of drug-likeness (QED) is 0.725. The number of hydrogen-bond donors (Lipinski definition) is 2. The number of nitrogens with one attached hydrogen (secondary N) is 1. The Morgan fingerprint density at radius 2 is 1.88 bits per heavy atom. The third kappa shape index (κ3) is 5.37. The normalized spacial score (nSPS) is 20.2. The monoisotopic (exact) mass is 456 g/mol. The maximum absolute atomic E-state index is 10.7. The molecule has 8 heteroatoms. The summed E-state index contributed by atoms with van der Waals surface area (Å²) in [5.74, 6) is 1.29. The number of ether oxygens (including phenoxy) is 2.